The molecule has 0 aliphatic carbocycles. The monoisotopic (exact) mass is 452 g/mol. The first-order valence-electron chi connectivity index (χ1n) is 9.80. The van der Waals surface area contributed by atoms with Gasteiger partial charge in [0, 0.05) is 17.7 Å². The predicted octanol–water partition coefficient (Wildman–Crippen LogP) is 4.23. The highest BCUT2D eigenvalue weighted by Gasteiger charge is 2.13. The minimum Gasteiger partial charge on any atom is -0.342 e. The van der Waals surface area contributed by atoms with Gasteiger partial charge in [-0.3, -0.25) is 9.52 Å². The molecule has 0 unspecified atom stereocenters. The molecular weight excluding hydrogens is 431 g/mol. The first-order chi connectivity index (χ1) is 15.2. The van der Waals surface area contributed by atoms with Gasteiger partial charge in [0.05, 0.1) is 23.0 Å². The zero-order chi connectivity index (χ0) is 22.9. The van der Waals surface area contributed by atoms with Gasteiger partial charge in [-0.1, -0.05) is 24.3 Å². The van der Waals surface area contributed by atoms with Gasteiger partial charge in [-0.15, -0.1) is 0 Å². The van der Waals surface area contributed by atoms with E-state index in [0.29, 0.717) is 51.3 Å². The summed E-state index contributed by atoms with van der Waals surface area (Å²) in [6, 6.07) is 16.6. The molecule has 32 heavy (non-hydrogen) atoms. The van der Waals surface area contributed by atoms with Gasteiger partial charge in [-0.25, -0.2) is 17.8 Å². The summed E-state index contributed by atoms with van der Waals surface area (Å²) >= 11 is 0. The topological polar surface area (TPSA) is 104 Å². The molecule has 0 fully saturated rings. The van der Waals surface area contributed by atoms with E-state index < -0.39 is 10.0 Å². The number of fused-ring (bicyclic) bond motifs is 1. The van der Waals surface area contributed by atoms with Crippen molar-refractivity contribution in [2.45, 2.75) is 13.3 Å². The van der Waals surface area contributed by atoms with E-state index in [4.69, 9.17) is 0 Å². The van der Waals surface area contributed by atoms with E-state index in [1.54, 1.807) is 55.5 Å². The Morgan fingerprint density at radius 1 is 1.09 bits per heavy atom. The van der Waals surface area contributed by atoms with E-state index in [1.165, 1.54) is 12.1 Å². The Bertz CT molecular complexity index is 1430. The molecule has 1 aromatic heterocycles. The fourth-order valence-corrected chi connectivity index (χ4v) is 3.94. The number of nitrogens with zero attached hydrogens (tertiary/aromatic N) is 1. The molecule has 1 heterocycles. The number of aromatic amines is 1. The van der Waals surface area contributed by atoms with Crippen LogP contribution in [0.3, 0.4) is 0 Å². The molecule has 0 atom stereocenters. The van der Waals surface area contributed by atoms with Crippen molar-refractivity contribution in [3.8, 4) is 0 Å². The minimum absolute atomic E-state index is 0.288. The molecular formula is C23H21FN4O3S. The van der Waals surface area contributed by atoms with Crippen LogP contribution >= 0.6 is 0 Å². The minimum atomic E-state index is -3.46. The number of anilines is 2. The van der Waals surface area contributed by atoms with Crippen molar-refractivity contribution in [2.75, 3.05) is 16.3 Å². The fraction of sp³-hybridized carbons (Fsp3) is 0.130. The van der Waals surface area contributed by atoms with Crippen molar-refractivity contribution in [1.82, 2.24) is 9.97 Å². The number of aromatic nitrogens is 2. The Balaban J connectivity index is 1.54. The molecule has 0 saturated heterocycles. The molecule has 164 valence electrons. The molecule has 1 amide bonds. The highest BCUT2D eigenvalue weighted by molar-refractivity contribution is 7.92. The third-order valence-corrected chi connectivity index (χ3v) is 5.49. The molecule has 0 aliphatic rings. The van der Waals surface area contributed by atoms with E-state index in [-0.39, 0.29) is 11.7 Å². The molecule has 4 rings (SSSR count). The highest BCUT2D eigenvalue weighted by atomic mass is 32.2. The van der Waals surface area contributed by atoms with Crippen molar-refractivity contribution < 1.29 is 17.6 Å². The van der Waals surface area contributed by atoms with Crippen LogP contribution in [0.2, 0.25) is 0 Å². The smallest absolute Gasteiger partial charge is 0.255 e. The Labute approximate surface area is 184 Å². The number of hydrogen-bond donors (Lipinski definition) is 3. The molecule has 0 bridgehead atoms. The number of carbonyl (C=O) groups is 1. The van der Waals surface area contributed by atoms with Gasteiger partial charge in [0.25, 0.3) is 5.91 Å². The predicted molar refractivity (Wildman–Crippen MR) is 123 cm³/mol. The van der Waals surface area contributed by atoms with Crippen LogP contribution in [0.15, 0.2) is 60.7 Å². The Hall–Kier alpha value is -3.72. The maximum atomic E-state index is 13.9. The van der Waals surface area contributed by atoms with Crippen LogP contribution in [-0.2, 0) is 16.4 Å². The van der Waals surface area contributed by atoms with E-state index in [9.17, 15) is 17.6 Å². The number of sulfonamides is 1. The van der Waals surface area contributed by atoms with Gasteiger partial charge < -0.3 is 10.3 Å². The average Bonchev–Trinajstić information content (AvgIpc) is 3.12. The standard InChI is InChI=1S/C23H21FN4O3S/c1-14-7-8-16(11-20(14)28-32(2,30)31)23(29)25-17-9-10-19-21(13-17)27-22(26-19)12-15-5-3-4-6-18(15)24/h3-11,13,28H,12H2,1-2H3,(H,25,29)(H,26,27). The maximum Gasteiger partial charge on any atom is 0.255 e. The van der Waals surface area contributed by atoms with Crippen molar-refractivity contribution in [3.63, 3.8) is 0 Å². The normalized spacial score (nSPS) is 11.5. The average molecular weight is 453 g/mol. The summed E-state index contributed by atoms with van der Waals surface area (Å²) < 4.78 is 39.4. The molecule has 0 spiro atoms. The van der Waals surface area contributed by atoms with Gasteiger partial charge in [0.15, 0.2) is 0 Å². The number of nitrogens with one attached hydrogen (secondary N) is 3. The lowest BCUT2D eigenvalue weighted by molar-refractivity contribution is 0.102. The summed E-state index contributed by atoms with van der Waals surface area (Å²) in [5.74, 6) is -0.0562. The lowest BCUT2D eigenvalue weighted by Gasteiger charge is -2.10. The summed E-state index contributed by atoms with van der Waals surface area (Å²) in [5, 5.41) is 2.80. The van der Waals surface area contributed by atoms with E-state index in [1.807, 2.05) is 0 Å². The number of carbonyl (C=O) groups excluding carboxylic acids is 1. The van der Waals surface area contributed by atoms with E-state index >= 15 is 0 Å². The number of amides is 1. The number of halogens is 1. The molecule has 9 heteroatoms. The summed E-state index contributed by atoms with van der Waals surface area (Å²) in [4.78, 5) is 20.4. The quantitative estimate of drug-likeness (QED) is 0.407. The van der Waals surface area contributed by atoms with Crippen LogP contribution in [0.25, 0.3) is 11.0 Å². The number of H-pyrrole nitrogens is 1. The second-order valence-corrected chi connectivity index (χ2v) is 9.29. The van der Waals surface area contributed by atoms with Gasteiger partial charge in [-0.05, 0) is 54.4 Å². The van der Waals surface area contributed by atoms with Crippen molar-refractivity contribution in [1.29, 1.82) is 0 Å². The lowest BCUT2D eigenvalue weighted by atomic mass is 10.1. The zero-order valence-electron chi connectivity index (χ0n) is 17.4. The Morgan fingerprint density at radius 3 is 2.62 bits per heavy atom. The molecule has 4 aromatic rings. The van der Waals surface area contributed by atoms with Crippen LogP contribution in [0.1, 0.15) is 27.3 Å². The van der Waals surface area contributed by atoms with Gasteiger partial charge in [-0.2, -0.15) is 0 Å². The van der Waals surface area contributed by atoms with Gasteiger partial charge in [0.1, 0.15) is 11.6 Å². The molecule has 0 aliphatic heterocycles. The SMILES string of the molecule is Cc1ccc(C(=O)Nc2ccc3nc(Cc4ccccc4F)[nH]c3c2)cc1NS(C)(=O)=O. The number of hydrogen-bond acceptors (Lipinski definition) is 4. The second kappa shape index (κ2) is 8.43. The molecule has 3 N–H and O–H groups in total. The van der Waals surface area contributed by atoms with Crippen LogP contribution < -0.4 is 10.0 Å². The summed E-state index contributed by atoms with van der Waals surface area (Å²) in [5.41, 5.74) is 3.85. The molecule has 0 saturated carbocycles. The fourth-order valence-electron chi connectivity index (χ4n) is 3.32. The number of benzene rings is 3. The zero-order valence-corrected chi connectivity index (χ0v) is 18.3. The first kappa shape index (κ1) is 21.5. The van der Waals surface area contributed by atoms with E-state index in [2.05, 4.69) is 20.0 Å². The molecule has 3 aromatic carbocycles. The molecule has 0 radical (unpaired) electrons. The lowest BCUT2D eigenvalue weighted by Crippen LogP contribution is -2.14. The highest BCUT2D eigenvalue weighted by Crippen LogP contribution is 2.22. The van der Waals surface area contributed by atoms with Crippen LogP contribution in [0, 0.1) is 12.7 Å². The summed E-state index contributed by atoms with van der Waals surface area (Å²) in [6.07, 6.45) is 1.38. The maximum absolute atomic E-state index is 13.9. The summed E-state index contributed by atoms with van der Waals surface area (Å²) in [7, 11) is -3.46. The largest absolute Gasteiger partial charge is 0.342 e. The van der Waals surface area contributed by atoms with Crippen molar-refractivity contribution >= 4 is 38.3 Å². The number of imidazole rings is 1. The second-order valence-electron chi connectivity index (χ2n) is 7.54. The Kier molecular flexibility index (Phi) is 5.67. The van der Waals surface area contributed by atoms with Crippen LogP contribution in [0.5, 0.6) is 0 Å². The van der Waals surface area contributed by atoms with Crippen molar-refractivity contribution in [3.05, 3.63) is 89.0 Å². The van der Waals surface area contributed by atoms with Crippen LogP contribution in [-0.4, -0.2) is 30.5 Å². The third-order valence-electron chi connectivity index (χ3n) is 4.90. The first-order valence-corrected chi connectivity index (χ1v) is 11.7. The summed E-state index contributed by atoms with van der Waals surface area (Å²) in [6.45, 7) is 1.75. The van der Waals surface area contributed by atoms with E-state index in [0.717, 1.165) is 6.26 Å². The van der Waals surface area contributed by atoms with Crippen LogP contribution in [0.4, 0.5) is 15.8 Å². The number of aryl methyl sites for hydroxylation is 1. The van der Waals surface area contributed by atoms with Crippen molar-refractivity contribution in [2.24, 2.45) is 0 Å². The van der Waals surface area contributed by atoms with Gasteiger partial charge >= 0.3 is 0 Å². The third kappa shape index (κ3) is 4.94. The Morgan fingerprint density at radius 2 is 1.88 bits per heavy atom. The molecule has 7 nitrogen and oxygen atoms in total. The van der Waals surface area contributed by atoms with Gasteiger partial charge in [0.2, 0.25) is 10.0 Å². The number of rotatable bonds is 6.